The highest BCUT2D eigenvalue weighted by Gasteiger charge is 2.21. The number of benzene rings is 1. The molecular formula is C15H23N3O3. The van der Waals surface area contributed by atoms with Crippen LogP contribution in [-0.4, -0.2) is 43.7 Å². The van der Waals surface area contributed by atoms with E-state index >= 15 is 0 Å². The molecule has 0 aromatic heterocycles. The number of hydrogen-bond donors (Lipinski definition) is 1. The first-order valence-corrected chi connectivity index (χ1v) is 7.30. The summed E-state index contributed by atoms with van der Waals surface area (Å²) in [5.41, 5.74) is 2.08. The lowest BCUT2D eigenvalue weighted by molar-refractivity contribution is -0.384. The van der Waals surface area contributed by atoms with Gasteiger partial charge in [0, 0.05) is 45.1 Å². The number of rotatable bonds is 6. The van der Waals surface area contributed by atoms with Gasteiger partial charge >= 0.3 is 0 Å². The Kier molecular flexibility index (Phi) is 5.52. The zero-order chi connectivity index (χ0) is 15.2. The van der Waals surface area contributed by atoms with Crippen LogP contribution in [-0.2, 0) is 11.3 Å². The van der Waals surface area contributed by atoms with E-state index < -0.39 is 0 Å². The van der Waals surface area contributed by atoms with Gasteiger partial charge in [0.25, 0.3) is 5.69 Å². The van der Waals surface area contributed by atoms with Crippen LogP contribution in [0.2, 0.25) is 0 Å². The number of ether oxygens (including phenoxy) is 1. The summed E-state index contributed by atoms with van der Waals surface area (Å²) in [6.07, 6.45) is 2.34. The second kappa shape index (κ2) is 7.38. The van der Waals surface area contributed by atoms with Crippen molar-refractivity contribution in [2.75, 3.05) is 39.2 Å². The van der Waals surface area contributed by atoms with Crippen LogP contribution in [0, 0.1) is 16.0 Å². The topological polar surface area (TPSA) is 67.6 Å². The van der Waals surface area contributed by atoms with Crippen molar-refractivity contribution in [3.8, 4) is 0 Å². The summed E-state index contributed by atoms with van der Waals surface area (Å²) in [5.74, 6) is 0.556. The number of nitrogens with one attached hydrogen (secondary N) is 1. The second-order valence-corrected chi connectivity index (χ2v) is 5.55. The van der Waals surface area contributed by atoms with Crippen LogP contribution >= 0.6 is 0 Å². The molecule has 0 aliphatic carbocycles. The van der Waals surface area contributed by atoms with Crippen LogP contribution in [0.5, 0.6) is 0 Å². The Morgan fingerprint density at radius 2 is 2.33 bits per heavy atom. The predicted molar refractivity (Wildman–Crippen MR) is 82.5 cm³/mol. The summed E-state index contributed by atoms with van der Waals surface area (Å²) in [6.45, 7) is 3.54. The number of nitrogens with zero attached hydrogens (tertiary/aromatic N) is 2. The maximum atomic E-state index is 10.9. The highest BCUT2D eigenvalue weighted by molar-refractivity contribution is 5.55. The second-order valence-electron chi connectivity index (χ2n) is 5.55. The van der Waals surface area contributed by atoms with Crippen LogP contribution < -0.4 is 5.32 Å². The Labute approximate surface area is 125 Å². The number of non-ortho nitro benzene ring substituents is 1. The highest BCUT2D eigenvalue weighted by atomic mass is 16.6. The van der Waals surface area contributed by atoms with E-state index in [1.54, 1.807) is 25.3 Å². The number of piperidine rings is 1. The molecule has 1 aromatic carbocycles. The Morgan fingerprint density at radius 3 is 3.00 bits per heavy atom. The molecule has 21 heavy (non-hydrogen) atoms. The van der Waals surface area contributed by atoms with Gasteiger partial charge in [-0.25, -0.2) is 0 Å². The monoisotopic (exact) mass is 293 g/mol. The molecule has 0 saturated carbocycles. The van der Waals surface area contributed by atoms with Crippen LogP contribution in [0.3, 0.4) is 0 Å². The zero-order valence-corrected chi connectivity index (χ0v) is 12.7. The van der Waals surface area contributed by atoms with Gasteiger partial charge < -0.3 is 10.1 Å². The van der Waals surface area contributed by atoms with E-state index in [2.05, 4.69) is 10.2 Å². The first kappa shape index (κ1) is 15.7. The van der Waals surface area contributed by atoms with E-state index in [1.165, 1.54) is 6.42 Å². The van der Waals surface area contributed by atoms with Gasteiger partial charge in [-0.2, -0.15) is 0 Å². The Hall–Kier alpha value is -1.66. The van der Waals surface area contributed by atoms with E-state index in [-0.39, 0.29) is 10.6 Å². The summed E-state index contributed by atoms with van der Waals surface area (Å²) in [6, 6.07) is 5.00. The number of nitro groups is 1. The highest BCUT2D eigenvalue weighted by Crippen LogP contribution is 2.25. The molecule has 1 fully saturated rings. The number of hydrogen-bond acceptors (Lipinski definition) is 5. The minimum absolute atomic E-state index is 0.148. The van der Waals surface area contributed by atoms with E-state index in [1.807, 2.05) is 7.05 Å². The molecule has 1 unspecified atom stereocenters. The molecular weight excluding hydrogens is 270 g/mol. The van der Waals surface area contributed by atoms with Crippen molar-refractivity contribution >= 4 is 11.4 Å². The number of anilines is 1. The minimum Gasteiger partial charge on any atom is -0.388 e. The lowest BCUT2D eigenvalue weighted by Gasteiger charge is -2.32. The quantitative estimate of drug-likeness (QED) is 0.644. The maximum absolute atomic E-state index is 10.9. The molecule has 1 aliphatic heterocycles. The van der Waals surface area contributed by atoms with Crippen molar-refractivity contribution < 1.29 is 9.66 Å². The maximum Gasteiger partial charge on any atom is 0.269 e. The summed E-state index contributed by atoms with van der Waals surface area (Å²) >= 11 is 0. The van der Waals surface area contributed by atoms with Crippen molar-refractivity contribution in [2.24, 2.45) is 5.92 Å². The van der Waals surface area contributed by atoms with Crippen molar-refractivity contribution in [3.05, 3.63) is 33.9 Å². The van der Waals surface area contributed by atoms with Gasteiger partial charge in [0.2, 0.25) is 0 Å². The van der Waals surface area contributed by atoms with Crippen molar-refractivity contribution in [1.29, 1.82) is 0 Å². The lowest BCUT2D eigenvalue weighted by atomic mass is 9.98. The standard InChI is InChI=1S/C15H23N3O3/c1-16-15-6-5-14(18(19)20)8-13(15)10-17-7-3-4-12(9-17)11-21-2/h5-6,8,12,16H,3-4,7,9-11H2,1-2H3. The molecule has 6 nitrogen and oxygen atoms in total. The molecule has 0 bridgehead atoms. The average Bonchev–Trinajstić information content (AvgIpc) is 2.48. The van der Waals surface area contributed by atoms with E-state index in [9.17, 15) is 10.1 Å². The SMILES string of the molecule is CNc1ccc([N+](=O)[O-])cc1CN1CCCC(COC)C1. The smallest absolute Gasteiger partial charge is 0.269 e. The summed E-state index contributed by atoms with van der Waals surface area (Å²) < 4.78 is 5.25. The molecule has 0 amide bonds. The predicted octanol–water partition coefficient (Wildman–Crippen LogP) is 2.49. The van der Waals surface area contributed by atoms with Gasteiger partial charge in [0.05, 0.1) is 11.5 Å². The molecule has 2 rings (SSSR count). The Balaban J connectivity index is 2.10. The van der Waals surface area contributed by atoms with Crippen LogP contribution in [0.25, 0.3) is 0 Å². The molecule has 1 N–H and O–H groups in total. The van der Waals surface area contributed by atoms with Crippen molar-refractivity contribution in [2.45, 2.75) is 19.4 Å². The third-order valence-corrected chi connectivity index (χ3v) is 3.97. The van der Waals surface area contributed by atoms with Crippen molar-refractivity contribution in [3.63, 3.8) is 0 Å². The zero-order valence-electron chi connectivity index (χ0n) is 12.7. The van der Waals surface area contributed by atoms with Crippen LogP contribution in [0.15, 0.2) is 18.2 Å². The number of likely N-dealkylation sites (tertiary alicyclic amines) is 1. The van der Waals surface area contributed by atoms with Gasteiger partial charge in [-0.3, -0.25) is 15.0 Å². The third kappa shape index (κ3) is 4.15. The molecule has 1 saturated heterocycles. The summed E-state index contributed by atoms with van der Waals surface area (Å²) in [4.78, 5) is 13.0. The molecule has 116 valence electrons. The fourth-order valence-electron chi connectivity index (χ4n) is 2.98. The third-order valence-electron chi connectivity index (χ3n) is 3.97. The fraction of sp³-hybridized carbons (Fsp3) is 0.600. The summed E-state index contributed by atoms with van der Waals surface area (Å²) in [5, 5.41) is 14.1. The lowest BCUT2D eigenvalue weighted by Crippen LogP contribution is -2.36. The van der Waals surface area contributed by atoms with Gasteiger partial charge in [-0.15, -0.1) is 0 Å². The molecule has 0 radical (unpaired) electrons. The molecule has 6 heteroatoms. The number of methoxy groups -OCH3 is 1. The van der Waals surface area contributed by atoms with Gasteiger partial charge in [0.1, 0.15) is 0 Å². The summed E-state index contributed by atoms with van der Waals surface area (Å²) in [7, 11) is 3.58. The van der Waals surface area contributed by atoms with Gasteiger partial charge in [0.15, 0.2) is 0 Å². The van der Waals surface area contributed by atoms with Gasteiger partial charge in [-0.1, -0.05) is 0 Å². The van der Waals surface area contributed by atoms with Crippen LogP contribution in [0.4, 0.5) is 11.4 Å². The molecule has 1 heterocycles. The molecule has 1 aliphatic rings. The first-order valence-electron chi connectivity index (χ1n) is 7.30. The normalized spacial score (nSPS) is 19.4. The minimum atomic E-state index is -0.340. The van der Waals surface area contributed by atoms with E-state index in [0.717, 1.165) is 43.9 Å². The Morgan fingerprint density at radius 1 is 1.52 bits per heavy atom. The van der Waals surface area contributed by atoms with Gasteiger partial charge in [-0.05, 0) is 36.9 Å². The van der Waals surface area contributed by atoms with E-state index in [4.69, 9.17) is 4.74 Å². The Bertz CT molecular complexity index is 491. The molecule has 1 atom stereocenters. The first-order chi connectivity index (χ1) is 10.1. The number of nitro benzene ring substituents is 1. The molecule has 1 aromatic rings. The van der Waals surface area contributed by atoms with Crippen LogP contribution in [0.1, 0.15) is 18.4 Å². The molecule has 0 spiro atoms. The van der Waals surface area contributed by atoms with Crippen molar-refractivity contribution in [1.82, 2.24) is 4.90 Å². The fourth-order valence-corrected chi connectivity index (χ4v) is 2.98. The largest absolute Gasteiger partial charge is 0.388 e. The van der Waals surface area contributed by atoms with E-state index in [0.29, 0.717) is 5.92 Å². The average molecular weight is 293 g/mol.